The van der Waals surface area contributed by atoms with Crippen molar-refractivity contribution >= 4 is 23.2 Å². The molecular weight excluding hydrogens is 411 g/mol. The minimum Gasteiger partial charge on any atom is -0.393 e. The Morgan fingerprint density at radius 2 is 1.86 bits per heavy atom. The van der Waals surface area contributed by atoms with Crippen molar-refractivity contribution in [3.05, 3.63) is 73.7 Å². The Hall–Kier alpha value is -2.30. The molecule has 3 rings (SSSR count). The van der Waals surface area contributed by atoms with Gasteiger partial charge in [-0.05, 0) is 17.7 Å². The van der Waals surface area contributed by atoms with Gasteiger partial charge in [0.2, 0.25) is 5.89 Å². The van der Waals surface area contributed by atoms with Crippen LogP contribution >= 0.6 is 23.2 Å². The second-order valence-corrected chi connectivity index (χ2v) is 6.77. The van der Waals surface area contributed by atoms with E-state index in [2.05, 4.69) is 15.2 Å². The van der Waals surface area contributed by atoms with Gasteiger partial charge in [-0.1, -0.05) is 40.5 Å². The molecule has 11 heteroatoms. The Morgan fingerprint density at radius 3 is 2.54 bits per heavy atom. The lowest BCUT2D eigenvalue weighted by Crippen LogP contribution is -2.26. The zero-order valence-electron chi connectivity index (χ0n) is 14.4. The number of aliphatic hydroxyl groups excluding tert-OH is 3. The van der Waals surface area contributed by atoms with Gasteiger partial charge in [-0.3, -0.25) is 4.79 Å². The molecule has 0 aliphatic carbocycles. The summed E-state index contributed by atoms with van der Waals surface area (Å²) in [6, 6.07) is 6.73. The molecule has 0 aliphatic heterocycles. The smallest absolute Gasteiger partial charge is 0.286 e. The minimum atomic E-state index is -1.30. The summed E-state index contributed by atoms with van der Waals surface area (Å²) in [6.45, 7) is -0.730. The topological polar surface area (TPSA) is 134 Å². The molecule has 3 aromatic rings. The second kappa shape index (κ2) is 8.80. The number of halogens is 2. The Balaban J connectivity index is 1.72. The summed E-state index contributed by atoms with van der Waals surface area (Å²) in [5, 5.41) is 36.8. The van der Waals surface area contributed by atoms with Crippen LogP contribution in [0.5, 0.6) is 0 Å². The summed E-state index contributed by atoms with van der Waals surface area (Å²) in [7, 11) is 0. The van der Waals surface area contributed by atoms with Crippen LogP contribution in [0.1, 0.15) is 35.0 Å². The average molecular weight is 427 g/mol. The van der Waals surface area contributed by atoms with Gasteiger partial charge in [-0.15, -0.1) is 0 Å². The van der Waals surface area contributed by atoms with Crippen molar-refractivity contribution in [1.82, 2.24) is 19.9 Å². The molecule has 0 radical (unpaired) electrons. The van der Waals surface area contributed by atoms with E-state index in [4.69, 9.17) is 32.8 Å². The molecule has 28 heavy (non-hydrogen) atoms. The third-order valence-corrected chi connectivity index (χ3v) is 4.60. The first-order chi connectivity index (χ1) is 13.4. The van der Waals surface area contributed by atoms with Gasteiger partial charge < -0.3 is 19.8 Å². The first-order valence-electron chi connectivity index (χ1n) is 8.18. The molecule has 2 heterocycles. The zero-order valence-corrected chi connectivity index (χ0v) is 15.9. The van der Waals surface area contributed by atoms with Gasteiger partial charge in [0, 0.05) is 17.0 Å². The first kappa shape index (κ1) is 20.4. The third kappa shape index (κ3) is 4.57. The molecule has 1 aromatic carbocycles. The average Bonchev–Trinajstić information content (AvgIpc) is 3.12. The van der Waals surface area contributed by atoms with Gasteiger partial charge in [-0.25, -0.2) is 4.68 Å². The zero-order chi connectivity index (χ0) is 20.3. The molecule has 0 aliphatic rings. The highest BCUT2D eigenvalue weighted by molar-refractivity contribution is 6.31. The molecule has 2 atom stereocenters. The Morgan fingerprint density at radius 1 is 1.14 bits per heavy atom. The van der Waals surface area contributed by atoms with Gasteiger partial charge in [-0.2, -0.15) is 10.1 Å². The van der Waals surface area contributed by atoms with Gasteiger partial charge in [0.1, 0.15) is 17.7 Å². The maximum Gasteiger partial charge on any atom is 0.286 e. The summed E-state index contributed by atoms with van der Waals surface area (Å²) in [4.78, 5) is 16.4. The number of hydrogen-bond acceptors (Lipinski definition) is 8. The summed E-state index contributed by atoms with van der Waals surface area (Å²) in [6.07, 6.45) is -0.855. The minimum absolute atomic E-state index is 0.0303. The second-order valence-electron chi connectivity index (χ2n) is 5.95. The van der Waals surface area contributed by atoms with E-state index < -0.39 is 24.4 Å². The Bertz CT molecular complexity index is 1010. The van der Waals surface area contributed by atoms with Crippen LogP contribution in [0.15, 0.2) is 39.8 Å². The van der Waals surface area contributed by atoms with Crippen LogP contribution in [0, 0.1) is 0 Å². The van der Waals surface area contributed by atoms with Gasteiger partial charge in [0.25, 0.3) is 5.56 Å². The van der Waals surface area contributed by atoms with E-state index in [0.717, 1.165) is 4.68 Å². The number of aromatic nitrogens is 4. The van der Waals surface area contributed by atoms with Crippen LogP contribution in [0.2, 0.25) is 10.0 Å². The Labute approximate surface area is 168 Å². The van der Waals surface area contributed by atoms with Gasteiger partial charge in [0.15, 0.2) is 5.82 Å². The molecule has 0 fully saturated rings. The van der Waals surface area contributed by atoms with Crippen molar-refractivity contribution in [3.8, 4) is 0 Å². The van der Waals surface area contributed by atoms with E-state index in [0.29, 0.717) is 10.6 Å². The molecule has 3 N–H and O–H groups in total. The number of hydrogen-bond donors (Lipinski definition) is 3. The van der Waals surface area contributed by atoms with Crippen LogP contribution < -0.4 is 5.56 Å². The molecule has 0 saturated carbocycles. The highest BCUT2D eigenvalue weighted by atomic mass is 35.5. The standard InChI is InChI=1S/C17H16Cl2N4O5/c18-10-3-1-9(2-4-10)12(25)5-14-21-15(28-22-14)7-23-17(27)16(19)11(6-20-23)13(26)8-24/h1-4,6,12-13,24-26H,5,7-8H2/t12-,13-/m0/s1. The molecule has 0 spiro atoms. The summed E-state index contributed by atoms with van der Waals surface area (Å²) in [5.41, 5.74) is 0.00813. The van der Waals surface area contributed by atoms with Gasteiger partial charge in [0.05, 0.1) is 18.9 Å². The first-order valence-corrected chi connectivity index (χ1v) is 8.94. The predicted molar refractivity (Wildman–Crippen MR) is 99.1 cm³/mol. The summed E-state index contributed by atoms with van der Waals surface area (Å²) >= 11 is 11.8. The fraction of sp³-hybridized carbons (Fsp3) is 0.294. The highest BCUT2D eigenvalue weighted by Gasteiger charge is 2.18. The lowest BCUT2D eigenvalue weighted by atomic mass is 10.1. The molecule has 9 nitrogen and oxygen atoms in total. The van der Waals surface area contributed by atoms with Crippen molar-refractivity contribution in [2.24, 2.45) is 0 Å². The summed E-state index contributed by atoms with van der Waals surface area (Å²) in [5.74, 6) is 0.350. The normalized spacial score (nSPS) is 13.5. The van der Waals surface area contributed by atoms with Crippen molar-refractivity contribution in [1.29, 1.82) is 0 Å². The van der Waals surface area contributed by atoms with E-state index in [1.54, 1.807) is 24.3 Å². The lowest BCUT2D eigenvalue weighted by molar-refractivity contribution is 0.0950. The lowest BCUT2D eigenvalue weighted by Gasteiger charge is -2.10. The quantitative estimate of drug-likeness (QED) is 0.514. The van der Waals surface area contributed by atoms with Crippen molar-refractivity contribution in [3.63, 3.8) is 0 Å². The van der Waals surface area contributed by atoms with E-state index in [1.807, 2.05) is 0 Å². The maximum absolute atomic E-state index is 12.2. The predicted octanol–water partition coefficient (Wildman–Crippen LogP) is 1.28. The largest absolute Gasteiger partial charge is 0.393 e. The molecule has 148 valence electrons. The van der Waals surface area contributed by atoms with E-state index in [-0.39, 0.29) is 35.3 Å². The number of rotatable bonds is 7. The fourth-order valence-electron chi connectivity index (χ4n) is 2.46. The molecule has 0 amide bonds. The highest BCUT2D eigenvalue weighted by Crippen LogP contribution is 2.20. The van der Waals surface area contributed by atoms with Crippen LogP contribution in [0.3, 0.4) is 0 Å². The van der Waals surface area contributed by atoms with Crippen LogP contribution in [-0.2, 0) is 13.0 Å². The molecule has 2 aromatic heterocycles. The number of aliphatic hydroxyl groups is 3. The fourth-order valence-corrected chi connectivity index (χ4v) is 2.86. The van der Waals surface area contributed by atoms with Crippen molar-refractivity contribution in [2.45, 2.75) is 25.2 Å². The van der Waals surface area contributed by atoms with Crippen molar-refractivity contribution < 1.29 is 19.8 Å². The van der Waals surface area contributed by atoms with E-state index in [9.17, 15) is 15.0 Å². The molecular formula is C17H16Cl2N4O5. The number of benzene rings is 1. The van der Waals surface area contributed by atoms with Crippen molar-refractivity contribution in [2.75, 3.05) is 6.61 Å². The monoisotopic (exact) mass is 426 g/mol. The maximum atomic E-state index is 12.2. The molecule has 0 unspecified atom stereocenters. The van der Waals surface area contributed by atoms with Crippen LogP contribution in [0.4, 0.5) is 0 Å². The Kier molecular flexibility index (Phi) is 6.42. The van der Waals surface area contributed by atoms with Gasteiger partial charge >= 0.3 is 0 Å². The van der Waals surface area contributed by atoms with E-state index in [1.165, 1.54) is 6.20 Å². The summed E-state index contributed by atoms with van der Waals surface area (Å²) < 4.78 is 6.08. The molecule has 0 saturated heterocycles. The SMILES string of the molecule is O=c1c(Cl)c([C@@H](O)CO)cnn1Cc1nc(C[C@H](O)c2ccc(Cl)cc2)no1. The third-order valence-electron chi connectivity index (χ3n) is 3.97. The van der Waals surface area contributed by atoms with E-state index >= 15 is 0 Å². The van der Waals surface area contributed by atoms with Crippen LogP contribution in [-0.4, -0.2) is 41.8 Å². The van der Waals surface area contributed by atoms with Crippen LogP contribution in [0.25, 0.3) is 0 Å². The molecule has 0 bridgehead atoms. The number of nitrogens with zero attached hydrogens (tertiary/aromatic N) is 4.